The molecule has 0 aromatic heterocycles. The first-order chi connectivity index (χ1) is 9.61. The largest absolute Gasteiger partial charge is 0.409 e. The molecule has 5 heteroatoms. The summed E-state index contributed by atoms with van der Waals surface area (Å²) < 4.78 is -0.156. The van der Waals surface area contributed by atoms with Crippen molar-refractivity contribution in [2.24, 2.45) is 16.8 Å². The molecule has 0 spiro atoms. The summed E-state index contributed by atoms with van der Waals surface area (Å²) in [7, 11) is 0. The van der Waals surface area contributed by atoms with E-state index in [1.165, 1.54) is 32.2 Å². The van der Waals surface area contributed by atoms with Crippen LogP contribution < -0.4 is 5.73 Å². The van der Waals surface area contributed by atoms with Crippen LogP contribution in [0, 0.1) is 5.92 Å². The van der Waals surface area contributed by atoms with Crippen molar-refractivity contribution in [1.29, 1.82) is 0 Å². The predicted octanol–water partition coefficient (Wildman–Crippen LogP) is 3.15. The Labute approximate surface area is 128 Å². The molecular formula is C15H31N3OS. The Kier molecular flexibility index (Phi) is 7.74. The molecule has 1 atom stereocenters. The van der Waals surface area contributed by atoms with E-state index in [2.05, 4.69) is 30.2 Å². The van der Waals surface area contributed by atoms with E-state index in [4.69, 9.17) is 10.9 Å². The number of hydrogen-bond donors (Lipinski definition) is 2. The van der Waals surface area contributed by atoms with Crippen molar-refractivity contribution in [1.82, 2.24) is 4.90 Å². The fraction of sp³-hybridized carbons (Fsp3) is 0.933. The van der Waals surface area contributed by atoms with Gasteiger partial charge in [0.1, 0.15) is 0 Å². The van der Waals surface area contributed by atoms with Gasteiger partial charge >= 0.3 is 0 Å². The third-order valence-corrected chi connectivity index (χ3v) is 6.09. The molecule has 1 aliphatic heterocycles. The second-order valence-corrected chi connectivity index (χ2v) is 7.09. The summed E-state index contributed by atoms with van der Waals surface area (Å²) in [6, 6.07) is 0. The van der Waals surface area contributed by atoms with Crippen LogP contribution in [0.2, 0.25) is 0 Å². The Balaban J connectivity index is 2.48. The average molecular weight is 302 g/mol. The minimum Gasteiger partial charge on any atom is -0.409 e. The van der Waals surface area contributed by atoms with Gasteiger partial charge in [0.25, 0.3) is 0 Å². The molecule has 0 saturated carbocycles. The van der Waals surface area contributed by atoms with Gasteiger partial charge in [0.15, 0.2) is 5.84 Å². The molecule has 1 fully saturated rings. The first-order valence-electron chi connectivity index (χ1n) is 7.87. The van der Waals surface area contributed by atoms with Crippen LogP contribution in [0.5, 0.6) is 0 Å². The molecule has 1 saturated heterocycles. The zero-order valence-corrected chi connectivity index (χ0v) is 14.1. The number of hydrogen-bond acceptors (Lipinski definition) is 4. The Morgan fingerprint density at radius 2 is 2.05 bits per heavy atom. The summed E-state index contributed by atoms with van der Waals surface area (Å²) >= 11 is 1.72. The van der Waals surface area contributed by atoms with Crippen molar-refractivity contribution < 1.29 is 5.21 Å². The molecule has 0 aromatic carbocycles. The number of nitrogens with two attached hydrogens (primary N) is 1. The minimum atomic E-state index is -0.156. The van der Waals surface area contributed by atoms with Gasteiger partial charge < -0.3 is 15.8 Å². The molecule has 1 unspecified atom stereocenters. The van der Waals surface area contributed by atoms with Crippen LogP contribution in [0.1, 0.15) is 52.4 Å². The van der Waals surface area contributed by atoms with Gasteiger partial charge in [0.05, 0.1) is 4.75 Å². The van der Waals surface area contributed by atoms with Crippen LogP contribution in [0.25, 0.3) is 0 Å². The molecule has 0 aliphatic carbocycles. The Morgan fingerprint density at radius 1 is 1.40 bits per heavy atom. The van der Waals surface area contributed by atoms with Crippen LogP contribution in [0.4, 0.5) is 0 Å². The number of oxime groups is 1. The second kappa shape index (κ2) is 8.78. The van der Waals surface area contributed by atoms with Gasteiger partial charge in [-0.05, 0) is 44.5 Å². The summed E-state index contributed by atoms with van der Waals surface area (Å²) in [6.07, 6.45) is 9.26. The highest BCUT2D eigenvalue weighted by Gasteiger charge is 2.38. The molecular weight excluding hydrogens is 270 g/mol. The summed E-state index contributed by atoms with van der Waals surface area (Å²) in [5.41, 5.74) is 5.89. The molecule has 1 rings (SSSR count). The number of unbranched alkanes of at least 4 members (excludes halogenated alkanes) is 1. The van der Waals surface area contributed by atoms with E-state index in [9.17, 15) is 0 Å². The first kappa shape index (κ1) is 17.6. The van der Waals surface area contributed by atoms with Gasteiger partial charge in [-0.3, -0.25) is 0 Å². The van der Waals surface area contributed by atoms with E-state index < -0.39 is 0 Å². The van der Waals surface area contributed by atoms with Gasteiger partial charge in [-0.1, -0.05) is 38.3 Å². The highest BCUT2D eigenvalue weighted by atomic mass is 32.2. The van der Waals surface area contributed by atoms with Crippen molar-refractivity contribution in [3.8, 4) is 0 Å². The molecule has 118 valence electrons. The molecule has 0 amide bonds. The summed E-state index contributed by atoms with van der Waals surface area (Å²) in [5, 5.41) is 12.2. The monoisotopic (exact) mass is 301 g/mol. The summed E-state index contributed by atoms with van der Waals surface area (Å²) in [6.45, 7) is 7.88. The number of amidine groups is 1. The molecule has 0 bridgehead atoms. The molecule has 0 radical (unpaired) electrons. The summed E-state index contributed by atoms with van der Waals surface area (Å²) in [5.74, 6) is 1.21. The van der Waals surface area contributed by atoms with E-state index in [0.29, 0.717) is 5.84 Å². The fourth-order valence-electron chi connectivity index (χ4n) is 3.04. The Morgan fingerprint density at radius 3 is 2.50 bits per heavy atom. The molecule has 1 heterocycles. The quantitative estimate of drug-likeness (QED) is 0.313. The molecule has 3 N–H and O–H groups in total. The second-order valence-electron chi connectivity index (χ2n) is 5.90. The van der Waals surface area contributed by atoms with Crippen molar-refractivity contribution >= 4 is 17.6 Å². The van der Waals surface area contributed by atoms with Crippen molar-refractivity contribution in [2.75, 3.05) is 25.9 Å². The van der Waals surface area contributed by atoms with Gasteiger partial charge in [-0.2, -0.15) is 11.8 Å². The van der Waals surface area contributed by atoms with E-state index in [-0.39, 0.29) is 4.75 Å². The van der Waals surface area contributed by atoms with Gasteiger partial charge in [-0.15, -0.1) is 0 Å². The maximum atomic E-state index is 8.97. The fourth-order valence-corrected chi connectivity index (χ4v) is 3.88. The standard InChI is InChI=1S/C15H31N3OS/c1-4-6-7-13(5-2)12-18-10-8-15(20-3,9-11-18)14(16)17-19/h13,19H,4-12H2,1-3H3,(H2,16,17). The lowest BCUT2D eigenvalue weighted by molar-refractivity contribution is 0.179. The first-order valence-corrected chi connectivity index (χ1v) is 9.09. The van der Waals surface area contributed by atoms with Crippen LogP contribution in [0.3, 0.4) is 0 Å². The Bertz CT molecular complexity index is 301. The number of likely N-dealkylation sites (tertiary alicyclic amines) is 1. The lowest BCUT2D eigenvalue weighted by Crippen LogP contribution is -2.50. The zero-order valence-electron chi connectivity index (χ0n) is 13.3. The SMILES string of the molecule is CCCCC(CC)CN1CCC(SC)(C(N)=NO)CC1. The maximum absolute atomic E-state index is 8.97. The predicted molar refractivity (Wildman–Crippen MR) is 88.6 cm³/mol. The molecule has 0 aromatic rings. The highest BCUT2D eigenvalue weighted by Crippen LogP contribution is 2.35. The molecule has 4 nitrogen and oxygen atoms in total. The molecule has 1 aliphatic rings. The van der Waals surface area contributed by atoms with Crippen LogP contribution in [0.15, 0.2) is 5.16 Å². The van der Waals surface area contributed by atoms with Crippen LogP contribution >= 0.6 is 11.8 Å². The van der Waals surface area contributed by atoms with Crippen molar-refractivity contribution in [2.45, 2.75) is 57.1 Å². The number of thioether (sulfide) groups is 1. The lowest BCUT2D eigenvalue weighted by atomic mass is 9.92. The highest BCUT2D eigenvalue weighted by molar-refractivity contribution is 8.00. The van der Waals surface area contributed by atoms with Gasteiger partial charge in [0, 0.05) is 6.54 Å². The third-order valence-electron chi connectivity index (χ3n) is 4.69. The topological polar surface area (TPSA) is 61.8 Å². The smallest absolute Gasteiger partial charge is 0.155 e. The van der Waals surface area contributed by atoms with E-state index in [1.54, 1.807) is 11.8 Å². The van der Waals surface area contributed by atoms with E-state index in [0.717, 1.165) is 31.8 Å². The zero-order chi connectivity index (χ0) is 15.0. The van der Waals surface area contributed by atoms with Crippen LogP contribution in [-0.2, 0) is 0 Å². The van der Waals surface area contributed by atoms with Crippen LogP contribution in [-0.4, -0.2) is 46.6 Å². The lowest BCUT2D eigenvalue weighted by Gasteiger charge is -2.40. The van der Waals surface area contributed by atoms with Gasteiger partial charge in [0.2, 0.25) is 0 Å². The third kappa shape index (κ3) is 4.55. The maximum Gasteiger partial charge on any atom is 0.155 e. The number of rotatable bonds is 8. The number of piperidine rings is 1. The molecule has 20 heavy (non-hydrogen) atoms. The summed E-state index contributed by atoms with van der Waals surface area (Å²) in [4.78, 5) is 2.56. The van der Waals surface area contributed by atoms with Crippen molar-refractivity contribution in [3.63, 3.8) is 0 Å². The number of nitrogens with zero attached hydrogens (tertiary/aromatic N) is 2. The van der Waals surface area contributed by atoms with Gasteiger partial charge in [-0.25, -0.2) is 0 Å². The van der Waals surface area contributed by atoms with Crippen molar-refractivity contribution in [3.05, 3.63) is 0 Å². The Hall–Kier alpha value is -0.420. The minimum absolute atomic E-state index is 0.156. The normalized spacial score (nSPS) is 21.9. The van der Waals surface area contributed by atoms with E-state index >= 15 is 0 Å². The average Bonchev–Trinajstić information content (AvgIpc) is 2.51. The van der Waals surface area contributed by atoms with E-state index in [1.807, 2.05) is 0 Å².